The molecule has 1 aliphatic rings. The average molecular weight is 225 g/mol. The van der Waals surface area contributed by atoms with Crippen LogP contribution in [0.1, 0.15) is 0 Å². The predicted molar refractivity (Wildman–Crippen MR) is 58.0 cm³/mol. The zero-order chi connectivity index (χ0) is 11.4. The van der Waals surface area contributed by atoms with Gasteiger partial charge in [0.2, 0.25) is 6.79 Å². The second kappa shape index (κ2) is 5.05. The number of aliphatic hydroxyl groups is 1. The van der Waals surface area contributed by atoms with Crippen molar-refractivity contribution in [2.24, 2.45) is 0 Å². The summed E-state index contributed by atoms with van der Waals surface area (Å²) in [5.74, 6) is 2.07. The topological polar surface area (TPSA) is 60.0 Å². The van der Waals surface area contributed by atoms with Crippen LogP contribution < -0.4 is 19.5 Å². The van der Waals surface area contributed by atoms with E-state index in [1.54, 1.807) is 25.2 Å². The van der Waals surface area contributed by atoms with Gasteiger partial charge in [-0.05, 0) is 19.2 Å². The predicted octanol–water partition coefficient (Wildman–Crippen LogP) is 0.374. The van der Waals surface area contributed by atoms with Crippen LogP contribution in [-0.4, -0.2) is 38.2 Å². The molecule has 0 saturated carbocycles. The van der Waals surface area contributed by atoms with Crippen molar-refractivity contribution in [3.05, 3.63) is 18.2 Å². The molecule has 1 heterocycles. The second-order valence-corrected chi connectivity index (χ2v) is 3.54. The molecule has 0 aromatic heterocycles. The van der Waals surface area contributed by atoms with Crippen molar-refractivity contribution < 1.29 is 19.3 Å². The number of aliphatic hydroxyl groups excluding tert-OH is 1. The van der Waals surface area contributed by atoms with Crippen molar-refractivity contribution in [2.75, 3.05) is 27.0 Å². The van der Waals surface area contributed by atoms with Crippen LogP contribution >= 0.6 is 0 Å². The standard InChI is InChI=1S/C11H15NO4/c1-12-5-8(13)6-14-9-2-3-10-11(4-9)16-7-15-10/h2-4,8,12-13H,5-7H2,1H3/t8-/m0/s1. The molecule has 0 spiro atoms. The Kier molecular flexibility index (Phi) is 3.48. The Morgan fingerprint density at radius 3 is 3.06 bits per heavy atom. The summed E-state index contributed by atoms with van der Waals surface area (Å²) in [4.78, 5) is 0. The van der Waals surface area contributed by atoms with Gasteiger partial charge in [-0.25, -0.2) is 0 Å². The number of likely N-dealkylation sites (N-methyl/N-ethyl adjacent to an activating group) is 1. The highest BCUT2D eigenvalue weighted by Crippen LogP contribution is 2.34. The highest BCUT2D eigenvalue weighted by molar-refractivity contribution is 5.46. The quantitative estimate of drug-likeness (QED) is 0.758. The van der Waals surface area contributed by atoms with Crippen molar-refractivity contribution in [3.63, 3.8) is 0 Å². The van der Waals surface area contributed by atoms with Crippen LogP contribution in [0.3, 0.4) is 0 Å². The summed E-state index contributed by atoms with van der Waals surface area (Å²) in [6.45, 7) is 1.01. The molecule has 88 valence electrons. The van der Waals surface area contributed by atoms with E-state index >= 15 is 0 Å². The number of rotatable bonds is 5. The minimum absolute atomic E-state index is 0.250. The largest absolute Gasteiger partial charge is 0.491 e. The van der Waals surface area contributed by atoms with Crippen molar-refractivity contribution in [3.8, 4) is 17.2 Å². The summed E-state index contributed by atoms with van der Waals surface area (Å²) in [6.07, 6.45) is -0.518. The molecule has 1 atom stereocenters. The highest BCUT2D eigenvalue weighted by Gasteiger charge is 2.14. The molecule has 0 amide bonds. The third-order valence-electron chi connectivity index (χ3n) is 2.23. The molecule has 1 aromatic carbocycles. The first-order chi connectivity index (χ1) is 7.79. The van der Waals surface area contributed by atoms with Crippen LogP contribution in [0, 0.1) is 0 Å². The van der Waals surface area contributed by atoms with Gasteiger partial charge in [-0.3, -0.25) is 0 Å². The maximum absolute atomic E-state index is 9.46. The molecule has 2 N–H and O–H groups in total. The van der Waals surface area contributed by atoms with Gasteiger partial charge in [-0.2, -0.15) is 0 Å². The Balaban J connectivity index is 1.90. The van der Waals surface area contributed by atoms with Crippen molar-refractivity contribution in [1.29, 1.82) is 0 Å². The summed E-state index contributed by atoms with van der Waals surface area (Å²) < 4.78 is 15.8. The van der Waals surface area contributed by atoms with Gasteiger partial charge in [-0.1, -0.05) is 0 Å². The molecular formula is C11H15NO4. The van der Waals surface area contributed by atoms with Crippen LogP contribution in [0.4, 0.5) is 0 Å². The molecule has 0 aliphatic carbocycles. The van der Waals surface area contributed by atoms with Gasteiger partial charge < -0.3 is 24.6 Å². The lowest BCUT2D eigenvalue weighted by molar-refractivity contribution is 0.108. The van der Waals surface area contributed by atoms with Crippen LogP contribution in [0.2, 0.25) is 0 Å². The van der Waals surface area contributed by atoms with E-state index in [1.165, 1.54) is 0 Å². The van der Waals surface area contributed by atoms with Gasteiger partial charge >= 0.3 is 0 Å². The van der Waals surface area contributed by atoms with Crippen LogP contribution in [0.15, 0.2) is 18.2 Å². The molecule has 0 bridgehead atoms. The van der Waals surface area contributed by atoms with E-state index in [1.807, 2.05) is 0 Å². The SMILES string of the molecule is CNC[C@H](O)COc1ccc2c(c1)OCO2. The molecule has 1 aliphatic heterocycles. The fraction of sp³-hybridized carbons (Fsp3) is 0.455. The zero-order valence-electron chi connectivity index (χ0n) is 9.10. The summed E-state index contributed by atoms with van der Waals surface area (Å²) in [5, 5.41) is 12.3. The minimum Gasteiger partial charge on any atom is -0.491 e. The second-order valence-electron chi connectivity index (χ2n) is 3.54. The molecule has 0 fully saturated rings. The zero-order valence-corrected chi connectivity index (χ0v) is 9.10. The lowest BCUT2D eigenvalue weighted by Gasteiger charge is -2.11. The van der Waals surface area contributed by atoms with Crippen molar-refractivity contribution >= 4 is 0 Å². The Morgan fingerprint density at radius 1 is 1.44 bits per heavy atom. The average Bonchev–Trinajstić information content (AvgIpc) is 2.74. The van der Waals surface area contributed by atoms with Crippen molar-refractivity contribution in [2.45, 2.75) is 6.10 Å². The van der Waals surface area contributed by atoms with Crippen molar-refractivity contribution in [1.82, 2.24) is 5.32 Å². The first-order valence-corrected chi connectivity index (χ1v) is 5.14. The summed E-state index contributed by atoms with van der Waals surface area (Å²) in [5.41, 5.74) is 0. The summed E-state index contributed by atoms with van der Waals surface area (Å²) >= 11 is 0. The highest BCUT2D eigenvalue weighted by atomic mass is 16.7. The first kappa shape index (κ1) is 11.0. The Hall–Kier alpha value is -1.46. The first-order valence-electron chi connectivity index (χ1n) is 5.14. The van der Waals surface area contributed by atoms with E-state index in [0.29, 0.717) is 18.0 Å². The molecule has 5 nitrogen and oxygen atoms in total. The molecule has 0 unspecified atom stereocenters. The number of hydrogen-bond donors (Lipinski definition) is 2. The van der Waals surface area contributed by atoms with Crippen LogP contribution in [-0.2, 0) is 0 Å². The fourth-order valence-corrected chi connectivity index (χ4v) is 1.45. The monoisotopic (exact) mass is 225 g/mol. The number of hydrogen-bond acceptors (Lipinski definition) is 5. The Bertz CT molecular complexity index is 356. The van der Waals surface area contributed by atoms with E-state index in [-0.39, 0.29) is 13.4 Å². The molecule has 5 heteroatoms. The number of benzene rings is 1. The van der Waals surface area contributed by atoms with E-state index in [4.69, 9.17) is 14.2 Å². The molecular weight excluding hydrogens is 210 g/mol. The number of ether oxygens (including phenoxy) is 3. The summed E-state index contributed by atoms with van der Waals surface area (Å²) in [6, 6.07) is 5.34. The number of nitrogens with one attached hydrogen (secondary N) is 1. The lowest BCUT2D eigenvalue weighted by atomic mass is 10.3. The smallest absolute Gasteiger partial charge is 0.231 e. The van der Waals surface area contributed by atoms with Crippen LogP contribution in [0.5, 0.6) is 17.2 Å². The van der Waals surface area contributed by atoms with Gasteiger partial charge in [0, 0.05) is 12.6 Å². The van der Waals surface area contributed by atoms with E-state index < -0.39 is 6.10 Å². The van der Waals surface area contributed by atoms with Gasteiger partial charge in [0.05, 0.1) is 0 Å². The third kappa shape index (κ3) is 2.56. The van der Waals surface area contributed by atoms with E-state index in [9.17, 15) is 5.11 Å². The Morgan fingerprint density at radius 2 is 2.25 bits per heavy atom. The summed E-state index contributed by atoms with van der Waals surface area (Å²) in [7, 11) is 1.78. The van der Waals surface area contributed by atoms with Gasteiger partial charge in [-0.15, -0.1) is 0 Å². The molecule has 0 radical (unpaired) electrons. The number of fused-ring (bicyclic) bond motifs is 1. The third-order valence-corrected chi connectivity index (χ3v) is 2.23. The lowest BCUT2D eigenvalue weighted by Crippen LogP contribution is -2.29. The maximum atomic E-state index is 9.46. The maximum Gasteiger partial charge on any atom is 0.231 e. The molecule has 16 heavy (non-hydrogen) atoms. The van der Waals surface area contributed by atoms with Crippen LogP contribution in [0.25, 0.3) is 0 Å². The normalized spacial score (nSPS) is 14.9. The molecule has 0 saturated heterocycles. The van der Waals surface area contributed by atoms with Gasteiger partial charge in [0.1, 0.15) is 18.5 Å². The minimum atomic E-state index is -0.518. The molecule has 1 aromatic rings. The Labute approximate surface area is 93.9 Å². The molecule has 2 rings (SSSR count). The van der Waals surface area contributed by atoms with E-state index in [0.717, 1.165) is 5.75 Å². The fourth-order valence-electron chi connectivity index (χ4n) is 1.45. The van der Waals surface area contributed by atoms with Gasteiger partial charge in [0.15, 0.2) is 11.5 Å². The van der Waals surface area contributed by atoms with E-state index in [2.05, 4.69) is 5.32 Å². The van der Waals surface area contributed by atoms with Gasteiger partial charge in [0.25, 0.3) is 0 Å².